The van der Waals surface area contributed by atoms with Crippen molar-refractivity contribution in [3.8, 4) is 0 Å². The lowest BCUT2D eigenvalue weighted by Gasteiger charge is -2.16. The Morgan fingerprint density at radius 1 is 1.30 bits per heavy atom. The maximum absolute atomic E-state index is 13.4. The van der Waals surface area contributed by atoms with Crippen LogP contribution in [0.1, 0.15) is 32.3 Å². The highest BCUT2D eigenvalue weighted by Gasteiger charge is 2.17. The average Bonchev–Trinajstić information content (AvgIpc) is 2.36. The number of aliphatic carboxylic acids is 1. The zero-order chi connectivity index (χ0) is 15.1. The molecular formula is C15H20FNO3. The molecule has 1 amide bonds. The molecule has 0 heterocycles. The largest absolute Gasteiger partial charge is 0.481 e. The number of carbonyl (C=O) groups excluding carboxylic acids is 1. The summed E-state index contributed by atoms with van der Waals surface area (Å²) in [5.41, 5.74) is 0.589. The van der Waals surface area contributed by atoms with Gasteiger partial charge < -0.3 is 10.4 Å². The zero-order valence-electron chi connectivity index (χ0n) is 11.7. The maximum Gasteiger partial charge on any atom is 0.305 e. The topological polar surface area (TPSA) is 66.4 Å². The quantitative estimate of drug-likeness (QED) is 0.806. The summed E-state index contributed by atoms with van der Waals surface area (Å²) in [6.07, 6.45) is 0.896. The van der Waals surface area contributed by atoms with E-state index in [4.69, 9.17) is 5.11 Å². The third-order valence-corrected chi connectivity index (χ3v) is 3.12. The molecule has 0 saturated carbocycles. The highest BCUT2D eigenvalue weighted by molar-refractivity contribution is 5.79. The number of hydrogen-bond acceptors (Lipinski definition) is 2. The van der Waals surface area contributed by atoms with Crippen LogP contribution < -0.4 is 5.32 Å². The number of nitrogens with one attached hydrogen (secondary N) is 1. The third-order valence-electron chi connectivity index (χ3n) is 3.12. The molecule has 2 atom stereocenters. The second-order valence-electron chi connectivity index (χ2n) is 5.04. The van der Waals surface area contributed by atoms with E-state index in [9.17, 15) is 14.0 Å². The van der Waals surface area contributed by atoms with Crippen LogP contribution in [0.5, 0.6) is 0 Å². The van der Waals surface area contributed by atoms with Gasteiger partial charge >= 0.3 is 5.97 Å². The normalized spacial score (nSPS) is 13.6. The van der Waals surface area contributed by atoms with Gasteiger partial charge in [-0.25, -0.2) is 4.39 Å². The minimum absolute atomic E-state index is 0.105. The standard InChI is InChI=1S/C15H20FNO3/c1-10(15(20)17-11(2)9-14(18)19)7-8-12-5-3-4-6-13(12)16/h3-6,10-11H,7-9H2,1-2H3,(H,17,20)(H,18,19). The Morgan fingerprint density at radius 3 is 2.55 bits per heavy atom. The van der Waals surface area contributed by atoms with Crippen LogP contribution >= 0.6 is 0 Å². The monoisotopic (exact) mass is 281 g/mol. The molecule has 0 aliphatic carbocycles. The van der Waals surface area contributed by atoms with E-state index in [1.807, 2.05) is 0 Å². The van der Waals surface area contributed by atoms with Crippen LogP contribution in [0.25, 0.3) is 0 Å². The predicted molar refractivity (Wildman–Crippen MR) is 73.7 cm³/mol. The van der Waals surface area contributed by atoms with Gasteiger partial charge in [-0.15, -0.1) is 0 Å². The summed E-state index contributed by atoms with van der Waals surface area (Å²) in [5.74, 6) is -1.70. The van der Waals surface area contributed by atoms with Gasteiger partial charge in [-0.05, 0) is 31.4 Å². The van der Waals surface area contributed by atoms with Crippen molar-refractivity contribution >= 4 is 11.9 Å². The number of hydrogen-bond donors (Lipinski definition) is 2. The SMILES string of the molecule is CC(CC(=O)O)NC(=O)C(C)CCc1ccccc1F. The summed E-state index contributed by atoms with van der Waals surface area (Å²) in [5, 5.41) is 11.3. The molecule has 1 rings (SSSR count). The van der Waals surface area contributed by atoms with E-state index in [0.717, 1.165) is 0 Å². The maximum atomic E-state index is 13.4. The smallest absolute Gasteiger partial charge is 0.305 e. The molecular weight excluding hydrogens is 261 g/mol. The summed E-state index contributed by atoms with van der Waals surface area (Å²) in [4.78, 5) is 22.4. The van der Waals surface area contributed by atoms with Crippen molar-refractivity contribution in [2.75, 3.05) is 0 Å². The van der Waals surface area contributed by atoms with Gasteiger partial charge in [0.05, 0.1) is 6.42 Å². The number of carboxylic acid groups (broad SMARTS) is 1. The second-order valence-corrected chi connectivity index (χ2v) is 5.04. The van der Waals surface area contributed by atoms with E-state index in [1.54, 1.807) is 32.0 Å². The molecule has 0 aromatic heterocycles. The molecule has 0 aliphatic heterocycles. The van der Waals surface area contributed by atoms with Crippen molar-refractivity contribution in [2.24, 2.45) is 5.92 Å². The highest BCUT2D eigenvalue weighted by atomic mass is 19.1. The fourth-order valence-electron chi connectivity index (χ4n) is 1.90. The van der Waals surface area contributed by atoms with Crippen molar-refractivity contribution in [2.45, 2.75) is 39.2 Å². The molecule has 5 heteroatoms. The van der Waals surface area contributed by atoms with E-state index in [2.05, 4.69) is 5.32 Å². The molecule has 4 nitrogen and oxygen atoms in total. The average molecular weight is 281 g/mol. The zero-order valence-corrected chi connectivity index (χ0v) is 11.7. The Labute approximate surface area is 118 Å². The number of aryl methyl sites for hydroxylation is 1. The molecule has 2 N–H and O–H groups in total. The van der Waals surface area contributed by atoms with Gasteiger partial charge in [0.1, 0.15) is 5.82 Å². The molecule has 0 fully saturated rings. The molecule has 0 aliphatic rings. The van der Waals surface area contributed by atoms with Gasteiger partial charge in [-0.1, -0.05) is 25.1 Å². The van der Waals surface area contributed by atoms with Crippen molar-refractivity contribution in [1.29, 1.82) is 0 Å². The molecule has 20 heavy (non-hydrogen) atoms. The Hall–Kier alpha value is -1.91. The van der Waals surface area contributed by atoms with Crippen LogP contribution in [-0.2, 0) is 16.0 Å². The first kappa shape index (κ1) is 16.1. The van der Waals surface area contributed by atoms with Crippen LogP contribution in [0.3, 0.4) is 0 Å². The molecule has 1 aromatic carbocycles. The fraction of sp³-hybridized carbons (Fsp3) is 0.467. The molecule has 110 valence electrons. The van der Waals surface area contributed by atoms with Gasteiger partial charge in [-0.3, -0.25) is 9.59 Å². The Bertz CT molecular complexity index is 476. The minimum atomic E-state index is -0.947. The number of carboxylic acids is 1. The first-order chi connectivity index (χ1) is 9.40. The Balaban J connectivity index is 2.42. The molecule has 0 saturated heterocycles. The summed E-state index contributed by atoms with van der Waals surface area (Å²) in [7, 11) is 0. The lowest BCUT2D eigenvalue weighted by atomic mass is 9.99. The lowest BCUT2D eigenvalue weighted by Crippen LogP contribution is -2.37. The Morgan fingerprint density at radius 2 is 1.95 bits per heavy atom. The van der Waals surface area contributed by atoms with E-state index >= 15 is 0 Å². The van der Waals surface area contributed by atoms with Crippen molar-refractivity contribution in [3.05, 3.63) is 35.6 Å². The van der Waals surface area contributed by atoms with Gasteiger partial charge in [0.2, 0.25) is 5.91 Å². The van der Waals surface area contributed by atoms with E-state index < -0.39 is 12.0 Å². The van der Waals surface area contributed by atoms with Crippen LogP contribution in [0.15, 0.2) is 24.3 Å². The molecule has 0 bridgehead atoms. The summed E-state index contributed by atoms with van der Waals surface area (Å²) in [6.45, 7) is 3.40. The van der Waals surface area contributed by atoms with Crippen LogP contribution in [0, 0.1) is 11.7 Å². The molecule has 1 aromatic rings. The van der Waals surface area contributed by atoms with Crippen LogP contribution in [0.4, 0.5) is 4.39 Å². The first-order valence-electron chi connectivity index (χ1n) is 6.65. The predicted octanol–water partition coefficient (Wildman–Crippen LogP) is 2.37. The second kappa shape index (κ2) is 7.62. The molecule has 0 spiro atoms. The number of carbonyl (C=O) groups is 2. The highest BCUT2D eigenvalue weighted by Crippen LogP contribution is 2.13. The van der Waals surface area contributed by atoms with Gasteiger partial charge in [0.25, 0.3) is 0 Å². The number of rotatable bonds is 7. The van der Waals surface area contributed by atoms with Crippen molar-refractivity contribution in [3.63, 3.8) is 0 Å². The van der Waals surface area contributed by atoms with Gasteiger partial charge in [0.15, 0.2) is 0 Å². The van der Waals surface area contributed by atoms with Crippen LogP contribution in [-0.4, -0.2) is 23.0 Å². The fourth-order valence-corrected chi connectivity index (χ4v) is 1.90. The lowest BCUT2D eigenvalue weighted by molar-refractivity contribution is -0.137. The third kappa shape index (κ3) is 5.38. The van der Waals surface area contributed by atoms with Crippen molar-refractivity contribution in [1.82, 2.24) is 5.32 Å². The van der Waals surface area contributed by atoms with E-state index in [1.165, 1.54) is 6.07 Å². The Kier molecular flexibility index (Phi) is 6.15. The number of halogens is 1. The first-order valence-corrected chi connectivity index (χ1v) is 6.65. The number of amides is 1. The van der Waals surface area contributed by atoms with Gasteiger partial charge in [-0.2, -0.15) is 0 Å². The van der Waals surface area contributed by atoms with Crippen LogP contribution in [0.2, 0.25) is 0 Å². The summed E-state index contributed by atoms with van der Waals surface area (Å²) >= 11 is 0. The molecule has 0 radical (unpaired) electrons. The number of benzene rings is 1. The summed E-state index contributed by atoms with van der Waals surface area (Å²) < 4.78 is 13.4. The van der Waals surface area contributed by atoms with E-state index in [0.29, 0.717) is 18.4 Å². The van der Waals surface area contributed by atoms with Gasteiger partial charge in [0, 0.05) is 12.0 Å². The van der Waals surface area contributed by atoms with E-state index in [-0.39, 0.29) is 24.1 Å². The summed E-state index contributed by atoms with van der Waals surface area (Å²) in [6, 6.07) is 6.08. The molecule has 2 unspecified atom stereocenters. The van der Waals surface area contributed by atoms with Crippen molar-refractivity contribution < 1.29 is 19.1 Å². The minimum Gasteiger partial charge on any atom is -0.481 e.